The number of likely N-dealkylation sites (tertiary alicyclic amines) is 1. The number of carbonyl (C=O) groups excluding carboxylic acids is 1. The summed E-state index contributed by atoms with van der Waals surface area (Å²) in [6.45, 7) is 3.16. The Morgan fingerprint density at radius 1 is 1.27 bits per heavy atom. The van der Waals surface area contributed by atoms with Crippen molar-refractivity contribution < 1.29 is 9.53 Å². The van der Waals surface area contributed by atoms with Crippen LogP contribution in [0.25, 0.3) is 11.0 Å². The number of allylic oxidation sites excluding steroid dienone is 1. The largest absolute Gasteiger partial charge is 0.456 e. The van der Waals surface area contributed by atoms with Crippen LogP contribution in [0.1, 0.15) is 31.2 Å². The number of carbonyl (C=O) groups is 1. The van der Waals surface area contributed by atoms with Crippen molar-refractivity contribution in [3.8, 4) is 17.6 Å². The molecule has 0 radical (unpaired) electrons. The number of pyridine rings is 1. The number of aromatic amines is 1. The van der Waals surface area contributed by atoms with Gasteiger partial charge in [-0.1, -0.05) is 30.2 Å². The van der Waals surface area contributed by atoms with Crippen LogP contribution in [0.15, 0.2) is 48.2 Å². The van der Waals surface area contributed by atoms with Crippen molar-refractivity contribution >= 4 is 22.8 Å². The zero-order valence-electron chi connectivity index (χ0n) is 18.5. The maximum Gasteiger partial charge on any atom is 0.264 e. The van der Waals surface area contributed by atoms with Gasteiger partial charge in [0.05, 0.1) is 0 Å². The van der Waals surface area contributed by atoms with Gasteiger partial charge in [-0.2, -0.15) is 10.4 Å². The highest BCUT2D eigenvalue weighted by Gasteiger charge is 2.30. The smallest absolute Gasteiger partial charge is 0.264 e. The number of hydrogen-bond donors (Lipinski definition) is 2. The van der Waals surface area contributed by atoms with E-state index < -0.39 is 0 Å². The molecule has 1 aromatic carbocycles. The molecule has 8 heteroatoms. The molecule has 0 bridgehead atoms. The fourth-order valence-corrected chi connectivity index (χ4v) is 4.27. The molecular weight excluding hydrogens is 416 g/mol. The summed E-state index contributed by atoms with van der Waals surface area (Å²) >= 11 is 0. The van der Waals surface area contributed by atoms with Crippen LogP contribution >= 0.6 is 0 Å². The Hall–Kier alpha value is -3.86. The summed E-state index contributed by atoms with van der Waals surface area (Å²) in [7, 11) is 0. The lowest BCUT2D eigenvalue weighted by Crippen LogP contribution is -2.32. The molecular formula is C25H26N6O2. The van der Waals surface area contributed by atoms with E-state index in [1.165, 1.54) is 6.42 Å². The first kappa shape index (κ1) is 21.0. The number of nitrogens with zero attached hydrogens (tertiary/aromatic N) is 4. The molecule has 3 aromatic rings. The molecule has 168 valence electrons. The van der Waals surface area contributed by atoms with Crippen molar-refractivity contribution in [3.05, 3.63) is 53.7 Å². The monoisotopic (exact) mass is 442 g/mol. The number of amides is 1. The molecule has 1 saturated carbocycles. The Morgan fingerprint density at radius 3 is 2.82 bits per heavy atom. The second kappa shape index (κ2) is 8.94. The van der Waals surface area contributed by atoms with E-state index in [-0.39, 0.29) is 17.5 Å². The average molecular weight is 443 g/mol. The molecule has 1 aliphatic heterocycles. The van der Waals surface area contributed by atoms with Gasteiger partial charge in [0.1, 0.15) is 28.5 Å². The molecule has 1 aliphatic carbocycles. The number of aromatic nitrogens is 3. The summed E-state index contributed by atoms with van der Waals surface area (Å²) in [6, 6.07) is 11.8. The lowest BCUT2D eigenvalue weighted by atomic mass is 9.84. The second-order valence-electron chi connectivity index (χ2n) is 8.78. The molecule has 2 N–H and O–H groups in total. The van der Waals surface area contributed by atoms with Crippen LogP contribution in [0.3, 0.4) is 0 Å². The number of nitriles is 1. The van der Waals surface area contributed by atoms with E-state index in [0.717, 1.165) is 36.0 Å². The van der Waals surface area contributed by atoms with Gasteiger partial charge >= 0.3 is 0 Å². The van der Waals surface area contributed by atoms with E-state index in [9.17, 15) is 10.1 Å². The molecule has 1 amide bonds. The van der Waals surface area contributed by atoms with E-state index in [0.29, 0.717) is 36.2 Å². The van der Waals surface area contributed by atoms with Gasteiger partial charge in [-0.3, -0.25) is 9.89 Å². The van der Waals surface area contributed by atoms with Gasteiger partial charge in [-0.15, -0.1) is 0 Å². The maximum atomic E-state index is 12.8. The molecule has 5 rings (SSSR count). The van der Waals surface area contributed by atoms with Gasteiger partial charge in [-0.05, 0) is 44.2 Å². The van der Waals surface area contributed by atoms with Crippen LogP contribution in [-0.4, -0.2) is 45.1 Å². The Kier molecular flexibility index (Phi) is 5.69. The van der Waals surface area contributed by atoms with Crippen molar-refractivity contribution in [1.29, 1.82) is 5.26 Å². The van der Waals surface area contributed by atoms with E-state index in [2.05, 4.69) is 26.6 Å². The van der Waals surface area contributed by atoms with Crippen LogP contribution in [-0.2, 0) is 4.79 Å². The number of nitrogens with one attached hydrogen (secondary N) is 2. The minimum absolute atomic E-state index is 0.0246. The van der Waals surface area contributed by atoms with Crippen molar-refractivity contribution in [1.82, 2.24) is 20.1 Å². The third-order valence-electron chi connectivity index (χ3n) is 6.39. The van der Waals surface area contributed by atoms with E-state index in [1.54, 1.807) is 11.1 Å². The molecule has 33 heavy (non-hydrogen) atoms. The van der Waals surface area contributed by atoms with E-state index >= 15 is 0 Å². The number of aryl methyl sites for hydroxylation is 1. The van der Waals surface area contributed by atoms with Crippen molar-refractivity contribution in [2.45, 2.75) is 38.6 Å². The number of rotatable bonds is 6. The summed E-state index contributed by atoms with van der Waals surface area (Å²) < 4.78 is 6.12. The fraction of sp³-hybridized carbons (Fsp3) is 0.360. The normalized spacial score (nSPS) is 18.7. The minimum Gasteiger partial charge on any atom is -0.456 e. The van der Waals surface area contributed by atoms with Crippen molar-refractivity contribution in [2.24, 2.45) is 5.92 Å². The van der Waals surface area contributed by atoms with Gasteiger partial charge in [0.2, 0.25) is 0 Å². The third-order valence-corrected chi connectivity index (χ3v) is 6.39. The van der Waals surface area contributed by atoms with Crippen LogP contribution < -0.4 is 10.1 Å². The van der Waals surface area contributed by atoms with Gasteiger partial charge in [0.15, 0.2) is 11.5 Å². The van der Waals surface area contributed by atoms with Gasteiger partial charge < -0.3 is 15.0 Å². The van der Waals surface area contributed by atoms with Crippen LogP contribution in [0.4, 0.5) is 5.82 Å². The van der Waals surface area contributed by atoms with Crippen molar-refractivity contribution in [3.63, 3.8) is 0 Å². The molecule has 1 atom stereocenters. The fourth-order valence-electron chi connectivity index (χ4n) is 4.27. The summed E-state index contributed by atoms with van der Waals surface area (Å²) in [6.07, 6.45) is 7.62. The molecule has 2 aromatic heterocycles. The zero-order valence-corrected chi connectivity index (χ0v) is 18.5. The van der Waals surface area contributed by atoms with Crippen LogP contribution in [0.2, 0.25) is 0 Å². The van der Waals surface area contributed by atoms with E-state index in [4.69, 9.17) is 4.74 Å². The molecule has 8 nitrogen and oxygen atoms in total. The molecule has 3 heterocycles. The molecule has 2 fully saturated rings. The Labute approximate surface area is 192 Å². The zero-order chi connectivity index (χ0) is 22.8. The molecule has 2 aliphatic rings. The van der Waals surface area contributed by atoms with Crippen LogP contribution in [0.5, 0.6) is 11.5 Å². The predicted molar refractivity (Wildman–Crippen MR) is 125 cm³/mol. The average Bonchev–Trinajstić information content (AvgIpc) is 3.43. The highest BCUT2D eigenvalue weighted by Crippen LogP contribution is 2.34. The number of fused-ring (bicyclic) bond motifs is 1. The summed E-state index contributed by atoms with van der Waals surface area (Å²) in [5.41, 5.74) is 2.06. The SMILES string of the molecule is Cc1ccc(Oc2ccnc3[nH]nc(N[C@@H]4CCN(C(=O)/C(C#N)=C/C5CCC5)C4)c23)cc1. The third kappa shape index (κ3) is 4.40. The quantitative estimate of drug-likeness (QED) is 0.435. The molecule has 1 saturated heterocycles. The number of benzene rings is 1. The predicted octanol–water partition coefficient (Wildman–Crippen LogP) is 4.32. The first-order valence-electron chi connectivity index (χ1n) is 11.4. The lowest BCUT2D eigenvalue weighted by molar-refractivity contribution is -0.125. The molecule has 0 spiro atoms. The van der Waals surface area contributed by atoms with Gasteiger partial charge in [0, 0.05) is 31.4 Å². The first-order chi connectivity index (χ1) is 16.1. The first-order valence-corrected chi connectivity index (χ1v) is 11.4. The van der Waals surface area contributed by atoms with Crippen LogP contribution in [0, 0.1) is 24.2 Å². The number of H-pyrrole nitrogens is 1. The topological polar surface area (TPSA) is 107 Å². The Balaban J connectivity index is 1.31. The highest BCUT2D eigenvalue weighted by atomic mass is 16.5. The Morgan fingerprint density at radius 2 is 2.09 bits per heavy atom. The number of anilines is 1. The number of hydrogen-bond acceptors (Lipinski definition) is 6. The highest BCUT2D eigenvalue weighted by molar-refractivity contribution is 5.97. The summed E-state index contributed by atoms with van der Waals surface area (Å²) in [5, 5.41) is 21.0. The van der Waals surface area contributed by atoms with E-state index in [1.807, 2.05) is 43.3 Å². The Bertz CT molecular complexity index is 1240. The summed E-state index contributed by atoms with van der Waals surface area (Å²) in [5.74, 6) is 2.23. The van der Waals surface area contributed by atoms with Gasteiger partial charge in [-0.25, -0.2) is 4.98 Å². The minimum atomic E-state index is -0.175. The molecule has 0 unspecified atom stereocenters. The van der Waals surface area contributed by atoms with Crippen molar-refractivity contribution in [2.75, 3.05) is 18.4 Å². The lowest BCUT2D eigenvalue weighted by Gasteiger charge is -2.23. The van der Waals surface area contributed by atoms with Gasteiger partial charge in [0.25, 0.3) is 5.91 Å². The number of ether oxygens (including phenoxy) is 1. The maximum absolute atomic E-state index is 12.8. The summed E-state index contributed by atoms with van der Waals surface area (Å²) in [4.78, 5) is 19.0. The second-order valence-corrected chi connectivity index (χ2v) is 8.78. The standard InChI is InChI=1S/C25H26N6O2/c1-16-5-7-20(8-6-16)33-21-9-11-27-23-22(21)24(30-29-23)28-19-10-12-31(15-19)25(32)18(14-26)13-17-3-2-4-17/h5-9,11,13,17,19H,2-4,10,12,15H2,1H3,(H2,27,28,29,30)/b18-13+/t19-/m1/s1.